The Labute approximate surface area is 93.6 Å². The van der Waals surface area contributed by atoms with E-state index in [1.54, 1.807) is 0 Å². The third kappa shape index (κ3) is 4.48. The minimum atomic E-state index is 0.578. The standard InChI is InChI=1S/C13H22N2/c1-12(2)11-15(10-6-9-14)13-7-4-3-5-8-13/h4,7,12-13H,3,5-6,8,10-11H2,1-2H3. The molecule has 0 bridgehead atoms. The maximum absolute atomic E-state index is 8.65. The van der Waals surface area contributed by atoms with Gasteiger partial charge in [0.05, 0.1) is 6.07 Å². The Morgan fingerprint density at radius 3 is 2.87 bits per heavy atom. The summed E-state index contributed by atoms with van der Waals surface area (Å²) in [6.07, 6.45) is 9.04. The van der Waals surface area contributed by atoms with Crippen LogP contribution in [0.3, 0.4) is 0 Å². The summed E-state index contributed by atoms with van der Waals surface area (Å²) in [5.41, 5.74) is 0. The Kier molecular flexibility index (Phi) is 5.42. The van der Waals surface area contributed by atoms with Gasteiger partial charge in [-0.1, -0.05) is 26.0 Å². The second-order valence-electron chi connectivity index (χ2n) is 4.72. The molecule has 84 valence electrons. The van der Waals surface area contributed by atoms with E-state index in [0.29, 0.717) is 18.4 Å². The van der Waals surface area contributed by atoms with Crippen LogP contribution in [0.5, 0.6) is 0 Å². The van der Waals surface area contributed by atoms with E-state index in [1.807, 2.05) is 0 Å². The van der Waals surface area contributed by atoms with Gasteiger partial charge in [0.2, 0.25) is 0 Å². The molecule has 1 atom stereocenters. The lowest BCUT2D eigenvalue weighted by molar-refractivity contribution is 0.195. The predicted molar refractivity (Wildman–Crippen MR) is 63.4 cm³/mol. The smallest absolute Gasteiger partial charge is 0.0635 e. The van der Waals surface area contributed by atoms with E-state index in [4.69, 9.17) is 5.26 Å². The molecule has 0 amide bonds. The zero-order valence-corrected chi connectivity index (χ0v) is 9.95. The van der Waals surface area contributed by atoms with Crippen molar-refractivity contribution in [3.63, 3.8) is 0 Å². The monoisotopic (exact) mass is 206 g/mol. The Hall–Kier alpha value is -0.810. The summed E-state index contributed by atoms with van der Waals surface area (Å²) in [5.74, 6) is 0.680. The molecule has 0 radical (unpaired) electrons. The largest absolute Gasteiger partial charge is 0.296 e. The fourth-order valence-corrected chi connectivity index (χ4v) is 2.15. The van der Waals surface area contributed by atoms with Crippen LogP contribution in [0.25, 0.3) is 0 Å². The number of allylic oxidation sites excluding steroid dienone is 1. The first-order valence-electron chi connectivity index (χ1n) is 6.01. The molecule has 0 aliphatic heterocycles. The highest BCUT2D eigenvalue weighted by atomic mass is 15.1. The molecule has 0 aromatic carbocycles. The second kappa shape index (κ2) is 6.63. The highest BCUT2D eigenvalue weighted by Crippen LogP contribution is 2.17. The Morgan fingerprint density at radius 1 is 1.53 bits per heavy atom. The van der Waals surface area contributed by atoms with Gasteiger partial charge in [-0.3, -0.25) is 4.90 Å². The zero-order chi connectivity index (χ0) is 11.1. The van der Waals surface area contributed by atoms with Crippen molar-refractivity contribution < 1.29 is 0 Å². The SMILES string of the molecule is CC(C)CN(CCC#N)C1C=CCCC1. The summed E-state index contributed by atoms with van der Waals surface area (Å²) in [4.78, 5) is 2.46. The minimum absolute atomic E-state index is 0.578. The molecule has 2 nitrogen and oxygen atoms in total. The first-order chi connectivity index (χ1) is 7.24. The van der Waals surface area contributed by atoms with Crippen molar-refractivity contribution >= 4 is 0 Å². The summed E-state index contributed by atoms with van der Waals surface area (Å²) in [7, 11) is 0. The molecule has 15 heavy (non-hydrogen) atoms. The summed E-state index contributed by atoms with van der Waals surface area (Å²) < 4.78 is 0. The number of hydrogen-bond donors (Lipinski definition) is 0. The van der Waals surface area contributed by atoms with E-state index in [1.165, 1.54) is 19.3 Å². The van der Waals surface area contributed by atoms with Crippen LogP contribution in [0.1, 0.15) is 39.5 Å². The molecule has 1 aliphatic carbocycles. The third-order valence-electron chi connectivity index (χ3n) is 2.81. The van der Waals surface area contributed by atoms with Crippen molar-refractivity contribution in [3.8, 4) is 6.07 Å². The van der Waals surface area contributed by atoms with Gasteiger partial charge in [-0.25, -0.2) is 0 Å². The van der Waals surface area contributed by atoms with Crippen LogP contribution in [0.15, 0.2) is 12.2 Å². The lowest BCUT2D eigenvalue weighted by Gasteiger charge is -2.32. The van der Waals surface area contributed by atoms with Crippen LogP contribution in [0.4, 0.5) is 0 Å². The predicted octanol–water partition coefficient (Wildman–Crippen LogP) is 2.97. The highest BCUT2D eigenvalue weighted by Gasteiger charge is 2.17. The first-order valence-corrected chi connectivity index (χ1v) is 6.01. The molecular weight excluding hydrogens is 184 g/mol. The fraction of sp³-hybridized carbons (Fsp3) is 0.769. The minimum Gasteiger partial charge on any atom is -0.296 e. The molecule has 2 heteroatoms. The van der Waals surface area contributed by atoms with Crippen LogP contribution < -0.4 is 0 Å². The zero-order valence-electron chi connectivity index (χ0n) is 9.95. The molecule has 0 saturated heterocycles. The third-order valence-corrected chi connectivity index (χ3v) is 2.81. The van der Waals surface area contributed by atoms with E-state index < -0.39 is 0 Å². The average molecular weight is 206 g/mol. The van der Waals surface area contributed by atoms with E-state index in [9.17, 15) is 0 Å². The van der Waals surface area contributed by atoms with Gasteiger partial charge in [0, 0.05) is 25.6 Å². The molecule has 1 unspecified atom stereocenters. The lowest BCUT2D eigenvalue weighted by atomic mass is 10.00. The van der Waals surface area contributed by atoms with E-state index in [2.05, 4.69) is 37.0 Å². The molecule has 0 aromatic heterocycles. The quantitative estimate of drug-likeness (QED) is 0.647. The molecule has 0 saturated carbocycles. The van der Waals surface area contributed by atoms with Gasteiger partial charge in [-0.05, 0) is 25.2 Å². The maximum atomic E-state index is 8.65. The summed E-state index contributed by atoms with van der Waals surface area (Å²) >= 11 is 0. The summed E-state index contributed by atoms with van der Waals surface area (Å²) in [5, 5.41) is 8.65. The normalized spacial score (nSPS) is 20.9. The highest BCUT2D eigenvalue weighted by molar-refractivity contribution is 4.99. The topological polar surface area (TPSA) is 27.0 Å². The number of nitrogens with zero attached hydrogens (tertiary/aromatic N) is 2. The van der Waals surface area contributed by atoms with Gasteiger partial charge in [0.15, 0.2) is 0 Å². The van der Waals surface area contributed by atoms with Gasteiger partial charge < -0.3 is 0 Å². The van der Waals surface area contributed by atoms with E-state index in [-0.39, 0.29) is 0 Å². The molecule has 0 N–H and O–H groups in total. The van der Waals surface area contributed by atoms with Crippen molar-refractivity contribution in [2.45, 2.75) is 45.6 Å². The first kappa shape index (κ1) is 12.3. The van der Waals surface area contributed by atoms with Crippen molar-refractivity contribution in [2.24, 2.45) is 5.92 Å². The molecule has 1 rings (SSSR count). The van der Waals surface area contributed by atoms with Crippen LogP contribution in [-0.2, 0) is 0 Å². The Morgan fingerprint density at radius 2 is 2.33 bits per heavy atom. The Bertz CT molecular complexity index is 237. The van der Waals surface area contributed by atoms with Crippen LogP contribution in [0.2, 0.25) is 0 Å². The van der Waals surface area contributed by atoms with Crippen LogP contribution in [0, 0.1) is 17.2 Å². The van der Waals surface area contributed by atoms with Gasteiger partial charge >= 0.3 is 0 Å². The molecular formula is C13H22N2. The maximum Gasteiger partial charge on any atom is 0.0635 e. The molecule has 1 aliphatic rings. The molecule has 0 fully saturated rings. The van der Waals surface area contributed by atoms with Gasteiger partial charge in [-0.2, -0.15) is 5.26 Å². The number of nitriles is 1. The summed E-state index contributed by atoms with van der Waals surface area (Å²) in [6.45, 7) is 6.51. The Balaban J connectivity index is 2.50. The van der Waals surface area contributed by atoms with Crippen molar-refractivity contribution in [1.29, 1.82) is 5.26 Å². The average Bonchev–Trinajstić information content (AvgIpc) is 2.25. The van der Waals surface area contributed by atoms with Crippen molar-refractivity contribution in [3.05, 3.63) is 12.2 Å². The van der Waals surface area contributed by atoms with Crippen molar-refractivity contribution in [1.82, 2.24) is 4.90 Å². The van der Waals surface area contributed by atoms with Crippen LogP contribution >= 0.6 is 0 Å². The number of rotatable bonds is 5. The van der Waals surface area contributed by atoms with Crippen LogP contribution in [-0.4, -0.2) is 24.0 Å². The molecule has 0 spiro atoms. The van der Waals surface area contributed by atoms with E-state index in [0.717, 1.165) is 13.1 Å². The number of hydrogen-bond acceptors (Lipinski definition) is 2. The van der Waals surface area contributed by atoms with Gasteiger partial charge in [-0.15, -0.1) is 0 Å². The molecule has 0 heterocycles. The summed E-state index contributed by atoms with van der Waals surface area (Å²) in [6, 6.07) is 2.82. The lowest BCUT2D eigenvalue weighted by Crippen LogP contribution is -2.38. The fourth-order valence-electron chi connectivity index (χ4n) is 2.15. The molecule has 0 aromatic rings. The van der Waals surface area contributed by atoms with Gasteiger partial charge in [0.1, 0.15) is 0 Å². The van der Waals surface area contributed by atoms with E-state index >= 15 is 0 Å². The second-order valence-corrected chi connectivity index (χ2v) is 4.72. The van der Waals surface area contributed by atoms with Crippen molar-refractivity contribution in [2.75, 3.05) is 13.1 Å². The van der Waals surface area contributed by atoms with Gasteiger partial charge in [0.25, 0.3) is 0 Å².